The summed E-state index contributed by atoms with van der Waals surface area (Å²) in [5, 5.41) is 12.6. The van der Waals surface area contributed by atoms with Crippen LogP contribution in [0.2, 0.25) is 0 Å². The zero-order chi connectivity index (χ0) is 21.9. The number of hydrogen-bond acceptors (Lipinski definition) is 3. The number of aromatic hydroxyl groups is 1. The van der Waals surface area contributed by atoms with Gasteiger partial charge in [-0.25, -0.2) is 0 Å². The monoisotopic (exact) mass is 408 g/mol. The number of phenolic OH excluding ortho intramolecular Hbond substituents is 1. The third-order valence-electron chi connectivity index (χ3n) is 5.96. The predicted molar refractivity (Wildman–Crippen MR) is 118 cm³/mol. The summed E-state index contributed by atoms with van der Waals surface area (Å²) in [5.74, 6) is 0.488. The normalized spacial score (nSPS) is 18.7. The number of nitrogens with zero attached hydrogens (tertiary/aromatic N) is 1. The lowest BCUT2D eigenvalue weighted by Gasteiger charge is -2.45. The number of amides is 2. The van der Waals surface area contributed by atoms with Crippen LogP contribution in [0.25, 0.3) is 0 Å². The van der Waals surface area contributed by atoms with Gasteiger partial charge < -0.3 is 15.3 Å². The third kappa shape index (κ3) is 5.21. The van der Waals surface area contributed by atoms with Gasteiger partial charge in [0.25, 0.3) is 5.91 Å². The molecular formula is C25H32N2O3. The summed E-state index contributed by atoms with van der Waals surface area (Å²) >= 11 is 0. The molecule has 2 aromatic rings. The summed E-state index contributed by atoms with van der Waals surface area (Å²) in [6, 6.07) is 16.5. The maximum absolute atomic E-state index is 13.0. The van der Waals surface area contributed by atoms with Crippen LogP contribution in [0.4, 0.5) is 0 Å². The number of benzene rings is 2. The molecule has 1 heterocycles. The average molecular weight is 409 g/mol. The van der Waals surface area contributed by atoms with Gasteiger partial charge in [-0.2, -0.15) is 0 Å². The molecule has 1 saturated heterocycles. The molecule has 1 fully saturated rings. The molecule has 0 bridgehead atoms. The number of piperidine rings is 1. The lowest BCUT2D eigenvalue weighted by Crippen LogP contribution is -2.51. The highest BCUT2D eigenvalue weighted by Crippen LogP contribution is 2.42. The maximum atomic E-state index is 13.0. The standard InChI is InChI=1S/C25H32N2O3/c1-24(2)17-27(15-14-21(24)18-10-12-20(28)13-11-18)22(29)16-25(3,4)26-23(30)19-8-6-5-7-9-19/h5-13,21,28H,14-17H2,1-4H3,(H,26,30). The molecule has 30 heavy (non-hydrogen) atoms. The Balaban J connectivity index is 1.62. The quantitative estimate of drug-likeness (QED) is 0.773. The molecule has 0 saturated carbocycles. The van der Waals surface area contributed by atoms with Crippen LogP contribution in [0.5, 0.6) is 5.75 Å². The van der Waals surface area contributed by atoms with Crippen LogP contribution < -0.4 is 5.32 Å². The second kappa shape index (κ2) is 8.50. The lowest BCUT2D eigenvalue weighted by molar-refractivity contribution is -0.136. The predicted octanol–water partition coefficient (Wildman–Crippen LogP) is 4.33. The van der Waals surface area contributed by atoms with E-state index in [4.69, 9.17) is 0 Å². The third-order valence-corrected chi connectivity index (χ3v) is 5.96. The van der Waals surface area contributed by atoms with E-state index in [1.165, 1.54) is 5.56 Å². The van der Waals surface area contributed by atoms with E-state index in [0.29, 0.717) is 24.6 Å². The first-order valence-electron chi connectivity index (χ1n) is 10.5. The fourth-order valence-electron chi connectivity index (χ4n) is 4.40. The van der Waals surface area contributed by atoms with Crippen molar-refractivity contribution in [3.8, 4) is 5.75 Å². The van der Waals surface area contributed by atoms with E-state index < -0.39 is 5.54 Å². The van der Waals surface area contributed by atoms with Crippen molar-refractivity contribution in [3.63, 3.8) is 0 Å². The summed E-state index contributed by atoms with van der Waals surface area (Å²) < 4.78 is 0. The summed E-state index contributed by atoms with van der Waals surface area (Å²) in [4.78, 5) is 27.5. The molecule has 1 unspecified atom stereocenters. The second-order valence-corrected chi connectivity index (χ2v) is 9.62. The molecule has 1 aliphatic rings. The van der Waals surface area contributed by atoms with Crippen molar-refractivity contribution >= 4 is 11.8 Å². The Bertz CT molecular complexity index is 888. The van der Waals surface area contributed by atoms with Gasteiger partial charge in [0, 0.05) is 30.6 Å². The van der Waals surface area contributed by atoms with Gasteiger partial charge in [0.2, 0.25) is 5.91 Å². The Labute approximate surface area is 179 Å². The Morgan fingerprint density at radius 3 is 2.33 bits per heavy atom. The van der Waals surface area contributed by atoms with Gasteiger partial charge in [0.1, 0.15) is 5.75 Å². The maximum Gasteiger partial charge on any atom is 0.251 e. The Morgan fingerprint density at radius 2 is 1.73 bits per heavy atom. The van der Waals surface area contributed by atoms with E-state index >= 15 is 0 Å². The van der Waals surface area contributed by atoms with Gasteiger partial charge in [-0.1, -0.05) is 44.2 Å². The summed E-state index contributed by atoms with van der Waals surface area (Å²) in [6.07, 6.45) is 1.13. The van der Waals surface area contributed by atoms with Crippen LogP contribution in [0.3, 0.4) is 0 Å². The molecule has 2 amide bonds. The van der Waals surface area contributed by atoms with Gasteiger partial charge in [-0.05, 0) is 61.4 Å². The number of carbonyl (C=O) groups excluding carboxylic acids is 2. The molecule has 5 nitrogen and oxygen atoms in total. The zero-order valence-electron chi connectivity index (χ0n) is 18.3. The molecule has 0 spiro atoms. The molecule has 0 aliphatic carbocycles. The van der Waals surface area contributed by atoms with Crippen molar-refractivity contribution in [2.75, 3.05) is 13.1 Å². The fraction of sp³-hybridized carbons (Fsp3) is 0.440. The van der Waals surface area contributed by atoms with Crippen molar-refractivity contribution in [1.82, 2.24) is 10.2 Å². The van der Waals surface area contributed by atoms with Crippen molar-refractivity contribution < 1.29 is 14.7 Å². The minimum Gasteiger partial charge on any atom is -0.508 e. The van der Waals surface area contributed by atoms with Crippen LogP contribution in [0, 0.1) is 5.41 Å². The molecule has 3 rings (SSSR count). The minimum atomic E-state index is -0.637. The number of phenols is 1. The highest BCUT2D eigenvalue weighted by molar-refractivity contribution is 5.95. The molecular weight excluding hydrogens is 376 g/mol. The number of hydrogen-bond donors (Lipinski definition) is 2. The largest absolute Gasteiger partial charge is 0.508 e. The molecule has 160 valence electrons. The van der Waals surface area contributed by atoms with Crippen molar-refractivity contribution in [3.05, 3.63) is 65.7 Å². The van der Waals surface area contributed by atoms with Gasteiger partial charge >= 0.3 is 0 Å². The fourth-order valence-corrected chi connectivity index (χ4v) is 4.40. The first-order chi connectivity index (χ1) is 14.1. The summed E-state index contributed by atoms with van der Waals surface area (Å²) in [6.45, 7) is 9.51. The zero-order valence-corrected chi connectivity index (χ0v) is 18.3. The minimum absolute atomic E-state index is 0.0607. The lowest BCUT2D eigenvalue weighted by atomic mass is 9.70. The number of nitrogens with one attached hydrogen (secondary N) is 1. The summed E-state index contributed by atoms with van der Waals surface area (Å²) in [7, 11) is 0. The SMILES string of the molecule is CC(C)(CC(=O)N1CCC(c2ccc(O)cc2)C(C)(C)C1)NC(=O)c1ccccc1. The highest BCUT2D eigenvalue weighted by atomic mass is 16.3. The molecule has 0 aromatic heterocycles. The Hall–Kier alpha value is -2.82. The van der Waals surface area contributed by atoms with Gasteiger partial charge in [-0.3, -0.25) is 9.59 Å². The van der Waals surface area contributed by atoms with Crippen LogP contribution >= 0.6 is 0 Å². The molecule has 2 N–H and O–H groups in total. The number of carbonyl (C=O) groups is 2. The van der Waals surface area contributed by atoms with Crippen molar-refractivity contribution in [2.45, 2.75) is 52.0 Å². The molecule has 1 atom stereocenters. The average Bonchev–Trinajstić information content (AvgIpc) is 2.68. The molecule has 2 aromatic carbocycles. The van der Waals surface area contributed by atoms with Gasteiger partial charge in [0.15, 0.2) is 0 Å². The Morgan fingerprint density at radius 1 is 1.10 bits per heavy atom. The van der Waals surface area contributed by atoms with Gasteiger partial charge in [0.05, 0.1) is 0 Å². The first kappa shape index (κ1) is 21.9. The molecule has 5 heteroatoms. The van der Waals surface area contributed by atoms with Crippen molar-refractivity contribution in [2.24, 2.45) is 5.41 Å². The topological polar surface area (TPSA) is 69.6 Å². The van der Waals surface area contributed by atoms with E-state index in [2.05, 4.69) is 19.2 Å². The first-order valence-corrected chi connectivity index (χ1v) is 10.5. The van der Waals surface area contributed by atoms with Gasteiger partial charge in [-0.15, -0.1) is 0 Å². The van der Waals surface area contributed by atoms with E-state index in [1.807, 2.05) is 49.1 Å². The molecule has 0 radical (unpaired) electrons. The van der Waals surface area contributed by atoms with E-state index in [-0.39, 0.29) is 29.4 Å². The second-order valence-electron chi connectivity index (χ2n) is 9.62. The van der Waals surface area contributed by atoms with Crippen LogP contribution in [-0.4, -0.2) is 40.4 Å². The number of likely N-dealkylation sites (tertiary alicyclic amines) is 1. The van der Waals surface area contributed by atoms with E-state index in [0.717, 1.165) is 6.42 Å². The Kier molecular flexibility index (Phi) is 6.20. The number of rotatable bonds is 5. The van der Waals surface area contributed by atoms with E-state index in [9.17, 15) is 14.7 Å². The highest BCUT2D eigenvalue weighted by Gasteiger charge is 2.39. The van der Waals surface area contributed by atoms with Crippen LogP contribution in [0.15, 0.2) is 54.6 Å². The van der Waals surface area contributed by atoms with E-state index in [1.54, 1.807) is 24.3 Å². The summed E-state index contributed by atoms with van der Waals surface area (Å²) in [5.41, 5.74) is 1.07. The smallest absolute Gasteiger partial charge is 0.251 e. The van der Waals surface area contributed by atoms with Crippen LogP contribution in [-0.2, 0) is 4.79 Å². The molecule has 1 aliphatic heterocycles. The van der Waals surface area contributed by atoms with Crippen LogP contribution in [0.1, 0.15) is 62.4 Å². The van der Waals surface area contributed by atoms with Crippen molar-refractivity contribution in [1.29, 1.82) is 0 Å².